The average Bonchev–Trinajstić information content (AvgIpc) is 3.61. The van der Waals surface area contributed by atoms with E-state index in [4.69, 9.17) is 14.1 Å². The Balaban J connectivity index is 1.49. The van der Waals surface area contributed by atoms with Crippen LogP contribution >= 0.6 is 0 Å². The lowest BCUT2D eigenvalue weighted by molar-refractivity contribution is 0.0964. The van der Waals surface area contributed by atoms with Gasteiger partial charge >= 0.3 is 0 Å². The largest absolute Gasteiger partial charge is 0.469 e. The van der Waals surface area contributed by atoms with Gasteiger partial charge in [0.05, 0.1) is 46.5 Å². The number of fused-ring (bicyclic) bond motifs is 6. The van der Waals surface area contributed by atoms with Gasteiger partial charge in [-0.3, -0.25) is 9.10 Å². The van der Waals surface area contributed by atoms with Crippen molar-refractivity contribution in [2.24, 2.45) is 0 Å². The fraction of sp³-hybridized carbons (Fsp3) is 0.152. The number of carbonyl (C=O) groups is 1. The Morgan fingerprint density at radius 3 is 2.60 bits per heavy atom. The molecule has 0 atom stereocenters. The molecule has 6 aromatic rings. The zero-order chi connectivity index (χ0) is 31.6. The van der Waals surface area contributed by atoms with Crippen LogP contribution in [0, 0.1) is 18.3 Å². The van der Waals surface area contributed by atoms with Crippen LogP contribution in [0.15, 0.2) is 71.3 Å². The van der Waals surface area contributed by atoms with Gasteiger partial charge in [0.15, 0.2) is 18.3 Å². The summed E-state index contributed by atoms with van der Waals surface area (Å²) in [6.45, 7) is 2.18. The van der Waals surface area contributed by atoms with E-state index in [0.717, 1.165) is 32.7 Å². The summed E-state index contributed by atoms with van der Waals surface area (Å²) in [4.78, 5) is 22.7. The molecule has 0 unspecified atom stereocenters. The minimum atomic E-state index is -3.73. The van der Waals surface area contributed by atoms with E-state index in [-0.39, 0.29) is 24.1 Å². The van der Waals surface area contributed by atoms with Crippen LogP contribution in [0.1, 0.15) is 21.5 Å². The zero-order valence-corrected chi connectivity index (χ0v) is 25.6. The minimum absolute atomic E-state index is 0.212. The summed E-state index contributed by atoms with van der Waals surface area (Å²) < 4.78 is 41.0. The van der Waals surface area contributed by atoms with Crippen molar-refractivity contribution in [3.63, 3.8) is 0 Å². The molecular weight excluding hydrogens is 592 g/mol. The molecule has 1 aliphatic rings. The molecule has 4 heterocycles. The molecule has 224 valence electrons. The number of rotatable bonds is 5. The van der Waals surface area contributed by atoms with Crippen LogP contribution in [0.2, 0.25) is 0 Å². The van der Waals surface area contributed by atoms with Gasteiger partial charge in [0.25, 0.3) is 5.91 Å². The smallest absolute Gasteiger partial charge is 0.255 e. The van der Waals surface area contributed by atoms with E-state index >= 15 is 0 Å². The van der Waals surface area contributed by atoms with Crippen molar-refractivity contribution in [2.45, 2.75) is 13.7 Å². The Bertz CT molecular complexity index is 2350. The van der Waals surface area contributed by atoms with Crippen molar-refractivity contribution in [1.82, 2.24) is 19.9 Å². The van der Waals surface area contributed by atoms with E-state index in [1.165, 1.54) is 14.1 Å². The predicted octanol–water partition coefficient (Wildman–Crippen LogP) is 5.46. The third-order valence-corrected chi connectivity index (χ3v) is 9.26. The molecule has 0 fully saturated rings. The average molecular weight is 619 g/mol. The van der Waals surface area contributed by atoms with Crippen molar-refractivity contribution in [3.05, 3.63) is 83.6 Å². The highest BCUT2D eigenvalue weighted by atomic mass is 32.2. The van der Waals surface area contributed by atoms with Gasteiger partial charge in [0.2, 0.25) is 10.0 Å². The molecule has 0 bridgehead atoms. The van der Waals surface area contributed by atoms with Gasteiger partial charge < -0.3 is 19.0 Å². The molecule has 1 amide bonds. The first kappa shape index (κ1) is 28.1. The highest BCUT2D eigenvalue weighted by molar-refractivity contribution is 7.92. The second-order valence-electron chi connectivity index (χ2n) is 10.8. The zero-order valence-electron chi connectivity index (χ0n) is 24.7. The number of furan rings is 1. The molecule has 7 rings (SSSR count). The van der Waals surface area contributed by atoms with Gasteiger partial charge in [-0.15, -0.1) is 0 Å². The van der Waals surface area contributed by atoms with Crippen molar-refractivity contribution in [2.75, 3.05) is 24.7 Å². The quantitative estimate of drug-likeness (QED) is 0.268. The highest BCUT2D eigenvalue weighted by Gasteiger charge is 2.28. The van der Waals surface area contributed by atoms with E-state index in [1.54, 1.807) is 24.4 Å². The summed E-state index contributed by atoms with van der Waals surface area (Å²) in [6, 6.07) is 20.5. The fourth-order valence-corrected chi connectivity index (χ4v) is 6.16. The maximum Gasteiger partial charge on any atom is 0.255 e. The van der Waals surface area contributed by atoms with Gasteiger partial charge in [0.1, 0.15) is 17.0 Å². The number of amides is 1. The second kappa shape index (κ2) is 10.2. The lowest BCUT2D eigenvalue weighted by Gasteiger charge is -2.22. The van der Waals surface area contributed by atoms with Crippen LogP contribution in [-0.4, -0.2) is 49.2 Å². The Morgan fingerprint density at radius 1 is 1.11 bits per heavy atom. The number of aryl methyl sites for hydroxylation is 1. The van der Waals surface area contributed by atoms with E-state index in [9.17, 15) is 18.5 Å². The molecule has 0 saturated carbocycles. The first-order valence-electron chi connectivity index (χ1n) is 14.0. The van der Waals surface area contributed by atoms with Gasteiger partial charge in [-0.05, 0) is 31.2 Å². The number of nitriles is 1. The maximum atomic E-state index is 13.3. The molecule has 1 aliphatic heterocycles. The molecular formula is C33H26N6O5S. The number of hydrogen-bond donors (Lipinski definition) is 1. The molecule has 45 heavy (non-hydrogen) atoms. The van der Waals surface area contributed by atoms with E-state index in [1.807, 2.05) is 54.0 Å². The summed E-state index contributed by atoms with van der Waals surface area (Å²) in [5.41, 5.74) is 5.57. The molecule has 0 aliphatic carbocycles. The Morgan fingerprint density at radius 2 is 1.89 bits per heavy atom. The standard InChI is InChI=1S/C33H26N6O5S/c1-18-8-10-19(11-9-18)31-29(33(40)35-2)23-12-22(25(14-27(23)44-31)38(3)45(4,41)42)32-36-16-28-30(37-32)26-13-21-20(15-34)6-5-7-24(21)39(26)17-43-28/h5-14,16H,17H2,1-4H3,(H,35,40). The minimum Gasteiger partial charge on any atom is -0.469 e. The van der Waals surface area contributed by atoms with Gasteiger partial charge in [-0.1, -0.05) is 35.9 Å². The molecule has 0 saturated heterocycles. The highest BCUT2D eigenvalue weighted by Crippen LogP contribution is 2.43. The summed E-state index contributed by atoms with van der Waals surface area (Å²) in [5, 5.41) is 13.6. The number of ether oxygens (including phenoxy) is 1. The second-order valence-corrected chi connectivity index (χ2v) is 12.8. The number of aromatic nitrogens is 3. The third kappa shape index (κ3) is 4.47. The van der Waals surface area contributed by atoms with E-state index < -0.39 is 10.0 Å². The van der Waals surface area contributed by atoms with Crippen molar-refractivity contribution in [1.29, 1.82) is 5.26 Å². The number of nitrogens with zero attached hydrogens (tertiary/aromatic N) is 5. The van der Waals surface area contributed by atoms with Gasteiger partial charge in [-0.25, -0.2) is 18.4 Å². The normalized spacial score (nSPS) is 12.3. The molecule has 0 radical (unpaired) electrons. The third-order valence-electron chi connectivity index (χ3n) is 8.06. The first-order chi connectivity index (χ1) is 21.6. The van der Waals surface area contributed by atoms with Gasteiger partial charge in [0, 0.05) is 42.1 Å². The summed E-state index contributed by atoms with van der Waals surface area (Å²) >= 11 is 0. The molecule has 11 nitrogen and oxygen atoms in total. The maximum absolute atomic E-state index is 13.3. The van der Waals surface area contributed by atoms with Crippen LogP contribution in [0.25, 0.3) is 56.0 Å². The van der Waals surface area contributed by atoms with E-state index in [0.29, 0.717) is 50.4 Å². The Labute approximate surface area is 258 Å². The lowest BCUT2D eigenvalue weighted by Crippen LogP contribution is -2.25. The number of benzene rings is 3. The predicted molar refractivity (Wildman–Crippen MR) is 170 cm³/mol. The van der Waals surface area contributed by atoms with Crippen LogP contribution in [0.3, 0.4) is 0 Å². The fourth-order valence-electron chi connectivity index (χ4n) is 5.65. The molecule has 12 heteroatoms. The van der Waals surface area contributed by atoms with Crippen molar-refractivity contribution in [3.8, 4) is 45.9 Å². The number of anilines is 1. The van der Waals surface area contributed by atoms with Crippen molar-refractivity contribution < 1.29 is 22.4 Å². The van der Waals surface area contributed by atoms with Crippen LogP contribution < -0.4 is 14.4 Å². The first-order valence-corrected chi connectivity index (χ1v) is 15.8. The summed E-state index contributed by atoms with van der Waals surface area (Å²) in [7, 11) is -0.755. The van der Waals surface area contributed by atoms with Crippen LogP contribution in [0.4, 0.5) is 5.69 Å². The number of carbonyl (C=O) groups excluding carboxylic acids is 1. The van der Waals surface area contributed by atoms with Crippen LogP contribution in [0.5, 0.6) is 5.75 Å². The van der Waals surface area contributed by atoms with Gasteiger partial charge in [-0.2, -0.15) is 5.26 Å². The Kier molecular flexibility index (Phi) is 6.38. The van der Waals surface area contributed by atoms with Crippen LogP contribution in [-0.2, 0) is 16.8 Å². The number of hydrogen-bond acceptors (Lipinski definition) is 8. The molecule has 0 spiro atoms. The SMILES string of the molecule is CNC(=O)c1c(-c2ccc(C)cc2)oc2cc(N(C)S(C)(=O)=O)c(-c3ncc4c(n3)-c3cc5c(C#N)cccc5n3CO4)cc12. The van der Waals surface area contributed by atoms with Crippen molar-refractivity contribution >= 4 is 43.5 Å². The molecule has 1 N–H and O–H groups in total. The monoisotopic (exact) mass is 618 g/mol. The lowest BCUT2D eigenvalue weighted by atomic mass is 10.0. The Hall–Kier alpha value is -5.67. The topological polar surface area (TPSA) is 143 Å². The number of nitrogens with one attached hydrogen (secondary N) is 1. The molecule has 3 aromatic heterocycles. The van der Waals surface area contributed by atoms with E-state index in [2.05, 4.69) is 16.4 Å². The summed E-state index contributed by atoms with van der Waals surface area (Å²) in [6.07, 6.45) is 2.65. The summed E-state index contributed by atoms with van der Waals surface area (Å²) in [5.74, 6) is 0.650. The molecule has 3 aromatic carbocycles. The number of sulfonamides is 1.